The molecule has 1 saturated heterocycles. The van der Waals surface area contributed by atoms with Crippen LogP contribution in [0.3, 0.4) is 0 Å². The van der Waals surface area contributed by atoms with E-state index in [1.807, 2.05) is 10.8 Å². The van der Waals surface area contributed by atoms with Gasteiger partial charge in [-0.25, -0.2) is 15.0 Å². The van der Waals surface area contributed by atoms with Crippen molar-refractivity contribution in [1.29, 1.82) is 0 Å². The van der Waals surface area contributed by atoms with Crippen LogP contribution in [0.1, 0.15) is 19.1 Å². The summed E-state index contributed by atoms with van der Waals surface area (Å²) in [6, 6.07) is 0. The van der Waals surface area contributed by atoms with Gasteiger partial charge < -0.3 is 4.74 Å². The minimum absolute atomic E-state index is 0.0922. The Bertz CT molecular complexity index is 506. The van der Waals surface area contributed by atoms with Crippen molar-refractivity contribution in [2.45, 2.75) is 24.1 Å². The van der Waals surface area contributed by atoms with Gasteiger partial charge in [0.1, 0.15) is 23.1 Å². The Labute approximate surface area is 97.2 Å². The molecule has 0 N–H and O–H groups in total. The number of hydrogen-bond donors (Lipinski definition) is 0. The van der Waals surface area contributed by atoms with Gasteiger partial charge in [0.2, 0.25) is 0 Å². The van der Waals surface area contributed by atoms with E-state index in [-0.39, 0.29) is 6.23 Å². The molecule has 2 aromatic rings. The van der Waals surface area contributed by atoms with E-state index >= 15 is 0 Å². The van der Waals surface area contributed by atoms with Crippen molar-refractivity contribution in [1.82, 2.24) is 19.5 Å². The summed E-state index contributed by atoms with van der Waals surface area (Å²) in [5.74, 6) is 0. The maximum Gasteiger partial charge on any atom is 0.166 e. The van der Waals surface area contributed by atoms with Crippen LogP contribution in [0.15, 0.2) is 17.7 Å². The molecule has 1 fully saturated rings. The molecule has 1 atom stereocenters. The number of imidazole rings is 1. The molecule has 84 valence electrons. The normalized spacial score (nSPS) is 20.7. The molecule has 0 bridgehead atoms. The van der Waals surface area contributed by atoms with E-state index < -0.39 is 0 Å². The molecule has 5 nitrogen and oxygen atoms in total. The van der Waals surface area contributed by atoms with Gasteiger partial charge in [-0.2, -0.15) is 0 Å². The lowest BCUT2D eigenvalue weighted by molar-refractivity contribution is 0.0593. The van der Waals surface area contributed by atoms with E-state index in [1.54, 1.807) is 24.4 Å². The highest BCUT2D eigenvalue weighted by atomic mass is 32.2. The van der Waals surface area contributed by atoms with Crippen molar-refractivity contribution >= 4 is 22.9 Å². The van der Waals surface area contributed by atoms with Crippen molar-refractivity contribution in [2.75, 3.05) is 12.9 Å². The SMILES string of the molecule is CSc1ncnc2c1ncn2C1CCCO1. The van der Waals surface area contributed by atoms with Gasteiger partial charge in [0.25, 0.3) is 0 Å². The number of nitrogens with zero attached hydrogens (tertiary/aromatic N) is 4. The smallest absolute Gasteiger partial charge is 0.166 e. The molecule has 0 amide bonds. The second-order valence-corrected chi connectivity index (χ2v) is 4.47. The topological polar surface area (TPSA) is 52.8 Å². The van der Waals surface area contributed by atoms with Crippen LogP contribution in [0.2, 0.25) is 0 Å². The Morgan fingerprint density at radius 2 is 2.38 bits per heavy atom. The van der Waals surface area contributed by atoms with Gasteiger partial charge in [-0.3, -0.25) is 4.57 Å². The number of thioether (sulfide) groups is 1. The first-order valence-corrected chi connectivity index (χ1v) is 6.46. The largest absolute Gasteiger partial charge is 0.358 e. The van der Waals surface area contributed by atoms with E-state index in [2.05, 4.69) is 15.0 Å². The summed E-state index contributed by atoms with van der Waals surface area (Å²) in [5.41, 5.74) is 1.73. The van der Waals surface area contributed by atoms with Gasteiger partial charge >= 0.3 is 0 Å². The third-order valence-corrected chi connectivity index (χ3v) is 3.42. The molecule has 0 radical (unpaired) electrons. The van der Waals surface area contributed by atoms with E-state index in [4.69, 9.17) is 4.74 Å². The molecule has 2 aromatic heterocycles. The maximum absolute atomic E-state index is 5.63. The highest BCUT2D eigenvalue weighted by molar-refractivity contribution is 7.98. The summed E-state index contributed by atoms with van der Waals surface area (Å²) < 4.78 is 7.64. The number of rotatable bonds is 2. The lowest BCUT2D eigenvalue weighted by Crippen LogP contribution is -2.06. The Morgan fingerprint density at radius 1 is 1.44 bits per heavy atom. The summed E-state index contributed by atoms with van der Waals surface area (Å²) in [4.78, 5) is 12.9. The van der Waals surface area contributed by atoms with Crippen molar-refractivity contribution in [3.05, 3.63) is 12.7 Å². The number of aromatic nitrogens is 4. The molecule has 3 heterocycles. The zero-order valence-corrected chi connectivity index (χ0v) is 9.78. The summed E-state index contributed by atoms with van der Waals surface area (Å²) in [5, 5.41) is 0.918. The first-order chi connectivity index (χ1) is 7.90. The van der Waals surface area contributed by atoms with Crippen LogP contribution in [0.5, 0.6) is 0 Å². The Kier molecular flexibility index (Phi) is 2.53. The molecule has 1 unspecified atom stereocenters. The van der Waals surface area contributed by atoms with Crippen LogP contribution in [0, 0.1) is 0 Å². The highest BCUT2D eigenvalue weighted by Crippen LogP contribution is 2.28. The number of ether oxygens (including phenoxy) is 1. The average Bonchev–Trinajstić information content (AvgIpc) is 2.96. The third kappa shape index (κ3) is 1.49. The van der Waals surface area contributed by atoms with E-state index in [0.29, 0.717) is 0 Å². The quantitative estimate of drug-likeness (QED) is 0.588. The van der Waals surface area contributed by atoms with Gasteiger partial charge in [0, 0.05) is 6.61 Å². The van der Waals surface area contributed by atoms with Gasteiger partial charge in [-0.15, -0.1) is 11.8 Å². The zero-order valence-electron chi connectivity index (χ0n) is 8.96. The average molecular weight is 236 g/mol. The fourth-order valence-electron chi connectivity index (χ4n) is 1.97. The van der Waals surface area contributed by atoms with Gasteiger partial charge in [-0.1, -0.05) is 0 Å². The fraction of sp³-hybridized carbons (Fsp3) is 0.500. The van der Waals surface area contributed by atoms with E-state index in [0.717, 1.165) is 35.6 Å². The van der Waals surface area contributed by atoms with Crippen LogP contribution in [0.25, 0.3) is 11.2 Å². The Balaban J connectivity index is 2.12. The second kappa shape index (κ2) is 4.03. The van der Waals surface area contributed by atoms with Gasteiger partial charge in [0.15, 0.2) is 5.65 Å². The summed E-state index contributed by atoms with van der Waals surface area (Å²) >= 11 is 1.59. The van der Waals surface area contributed by atoms with Crippen LogP contribution in [-0.2, 0) is 4.74 Å². The van der Waals surface area contributed by atoms with Crippen molar-refractivity contribution in [3.63, 3.8) is 0 Å². The number of fused-ring (bicyclic) bond motifs is 1. The molecule has 16 heavy (non-hydrogen) atoms. The lowest BCUT2D eigenvalue weighted by Gasteiger charge is -2.10. The van der Waals surface area contributed by atoms with Crippen molar-refractivity contribution < 1.29 is 4.74 Å². The van der Waals surface area contributed by atoms with Crippen molar-refractivity contribution in [2.24, 2.45) is 0 Å². The molecule has 0 saturated carbocycles. The molecule has 0 aromatic carbocycles. The monoisotopic (exact) mass is 236 g/mol. The molecule has 0 spiro atoms. The highest BCUT2D eigenvalue weighted by Gasteiger charge is 2.20. The lowest BCUT2D eigenvalue weighted by atomic mass is 10.3. The molecule has 3 rings (SSSR count). The van der Waals surface area contributed by atoms with Crippen LogP contribution >= 0.6 is 11.8 Å². The summed E-state index contributed by atoms with van der Waals surface area (Å²) in [6.45, 7) is 0.824. The fourth-order valence-corrected chi connectivity index (χ4v) is 2.46. The third-order valence-electron chi connectivity index (χ3n) is 2.73. The van der Waals surface area contributed by atoms with Gasteiger partial charge in [-0.05, 0) is 19.1 Å². The Hall–Kier alpha value is -1.14. The molecular formula is C10H12N4OS. The van der Waals surface area contributed by atoms with Crippen molar-refractivity contribution in [3.8, 4) is 0 Å². The zero-order chi connectivity index (χ0) is 11.0. The van der Waals surface area contributed by atoms with Crippen LogP contribution in [0.4, 0.5) is 0 Å². The van der Waals surface area contributed by atoms with Crippen LogP contribution < -0.4 is 0 Å². The molecule has 0 aliphatic carbocycles. The molecule has 6 heteroatoms. The first-order valence-electron chi connectivity index (χ1n) is 5.23. The number of hydrogen-bond acceptors (Lipinski definition) is 5. The van der Waals surface area contributed by atoms with Gasteiger partial charge in [0.05, 0.1) is 6.33 Å². The molecule has 1 aliphatic rings. The summed E-state index contributed by atoms with van der Waals surface area (Å²) in [7, 11) is 0. The standard InChI is InChI=1S/C10H12N4OS/c1-16-10-8-9(11-5-12-10)14(6-13-8)7-3-2-4-15-7/h5-7H,2-4H2,1H3. The molecular weight excluding hydrogens is 224 g/mol. The Morgan fingerprint density at radius 3 is 3.12 bits per heavy atom. The summed E-state index contributed by atoms with van der Waals surface area (Å²) in [6.07, 6.45) is 7.60. The van der Waals surface area contributed by atoms with E-state index in [1.165, 1.54) is 0 Å². The van der Waals surface area contributed by atoms with E-state index in [9.17, 15) is 0 Å². The molecule has 1 aliphatic heterocycles. The first kappa shape index (κ1) is 10.0. The predicted octanol–water partition coefficient (Wildman–Crippen LogP) is 1.86. The predicted molar refractivity (Wildman–Crippen MR) is 61.3 cm³/mol. The minimum Gasteiger partial charge on any atom is -0.358 e. The second-order valence-electron chi connectivity index (χ2n) is 3.67. The van der Waals surface area contributed by atoms with Crippen LogP contribution in [-0.4, -0.2) is 32.4 Å². The maximum atomic E-state index is 5.63. The minimum atomic E-state index is 0.0922.